The minimum atomic E-state index is -0.389. The zero-order valence-electron chi connectivity index (χ0n) is 12.7. The molecule has 0 aliphatic carbocycles. The molecule has 2 aromatic carbocycles. The van der Waals surface area contributed by atoms with Crippen molar-refractivity contribution in [3.05, 3.63) is 71.4 Å². The average molecular weight is 307 g/mol. The second kappa shape index (κ2) is 6.36. The van der Waals surface area contributed by atoms with Crippen molar-refractivity contribution >= 4 is 22.7 Å². The Kier molecular flexibility index (Phi) is 4.10. The summed E-state index contributed by atoms with van der Waals surface area (Å²) < 4.78 is 0. The number of H-pyrrole nitrogens is 1. The van der Waals surface area contributed by atoms with Crippen LogP contribution in [0.3, 0.4) is 0 Å². The molecule has 0 aliphatic rings. The van der Waals surface area contributed by atoms with Crippen LogP contribution in [0.1, 0.15) is 33.3 Å². The highest BCUT2D eigenvalue weighted by molar-refractivity contribution is 6.00. The van der Waals surface area contributed by atoms with Crippen molar-refractivity contribution in [3.8, 4) is 0 Å². The fourth-order valence-electron chi connectivity index (χ4n) is 2.34. The van der Waals surface area contributed by atoms with Gasteiger partial charge in [-0.1, -0.05) is 37.3 Å². The number of carbonyl (C=O) groups is 2. The minimum Gasteiger partial charge on any atom is -0.350 e. The van der Waals surface area contributed by atoms with Gasteiger partial charge in [0.1, 0.15) is 5.69 Å². The lowest BCUT2D eigenvalue weighted by atomic mass is 10.1. The van der Waals surface area contributed by atoms with Crippen molar-refractivity contribution in [2.75, 3.05) is 0 Å². The standard InChI is InChI=1S/C18H17N3O2/c1-2-12-7-9-13(10-8-12)17(22)20-21-18(23)16-11-14-5-3-4-6-15(14)19-16/h3-11,19H,2H2,1H3,(H,20,22)(H,21,23). The molecular weight excluding hydrogens is 290 g/mol. The van der Waals surface area contributed by atoms with Gasteiger partial charge in [-0.3, -0.25) is 20.4 Å². The van der Waals surface area contributed by atoms with Gasteiger partial charge < -0.3 is 4.98 Å². The fourth-order valence-corrected chi connectivity index (χ4v) is 2.34. The first-order chi connectivity index (χ1) is 11.2. The Balaban J connectivity index is 1.64. The molecule has 0 radical (unpaired) electrons. The number of nitrogens with one attached hydrogen (secondary N) is 3. The summed E-state index contributed by atoms with van der Waals surface area (Å²) in [7, 11) is 0. The van der Waals surface area contributed by atoms with E-state index >= 15 is 0 Å². The smallest absolute Gasteiger partial charge is 0.286 e. The molecule has 3 rings (SSSR count). The summed E-state index contributed by atoms with van der Waals surface area (Å²) in [5, 5.41) is 0.944. The van der Waals surface area contributed by atoms with Crippen LogP contribution in [0.25, 0.3) is 10.9 Å². The summed E-state index contributed by atoms with van der Waals surface area (Å²) >= 11 is 0. The third-order valence-corrected chi connectivity index (χ3v) is 3.69. The normalized spacial score (nSPS) is 10.5. The van der Waals surface area contributed by atoms with Gasteiger partial charge in [0.05, 0.1) is 0 Å². The number of aryl methyl sites for hydroxylation is 1. The lowest BCUT2D eigenvalue weighted by Crippen LogP contribution is -2.41. The van der Waals surface area contributed by atoms with Gasteiger partial charge in [-0.25, -0.2) is 0 Å². The van der Waals surface area contributed by atoms with Gasteiger partial charge in [-0.2, -0.15) is 0 Å². The molecule has 1 aromatic heterocycles. The molecule has 2 amide bonds. The van der Waals surface area contributed by atoms with Crippen molar-refractivity contribution in [3.63, 3.8) is 0 Å². The predicted molar refractivity (Wildman–Crippen MR) is 89.1 cm³/mol. The molecular formula is C18H17N3O2. The van der Waals surface area contributed by atoms with Crippen LogP contribution in [0.15, 0.2) is 54.6 Å². The van der Waals surface area contributed by atoms with E-state index in [0.717, 1.165) is 22.9 Å². The zero-order chi connectivity index (χ0) is 16.2. The number of carbonyl (C=O) groups excluding carboxylic acids is 2. The monoisotopic (exact) mass is 307 g/mol. The molecule has 0 unspecified atom stereocenters. The van der Waals surface area contributed by atoms with Gasteiger partial charge in [0, 0.05) is 16.5 Å². The first kappa shape index (κ1) is 14.8. The minimum absolute atomic E-state index is 0.350. The number of hydrazine groups is 1. The van der Waals surface area contributed by atoms with Gasteiger partial charge in [0.25, 0.3) is 11.8 Å². The average Bonchev–Trinajstić information content (AvgIpc) is 3.03. The van der Waals surface area contributed by atoms with E-state index in [9.17, 15) is 9.59 Å². The Labute approximate surface area is 133 Å². The van der Waals surface area contributed by atoms with E-state index < -0.39 is 0 Å². The summed E-state index contributed by atoms with van der Waals surface area (Å²) in [4.78, 5) is 27.1. The van der Waals surface area contributed by atoms with E-state index in [1.54, 1.807) is 18.2 Å². The third kappa shape index (κ3) is 3.23. The maximum absolute atomic E-state index is 12.1. The fraction of sp³-hybridized carbons (Fsp3) is 0.111. The maximum atomic E-state index is 12.1. The molecule has 0 aliphatic heterocycles. The molecule has 5 heteroatoms. The molecule has 0 atom stereocenters. The molecule has 23 heavy (non-hydrogen) atoms. The molecule has 0 spiro atoms. The molecule has 0 fully saturated rings. The second-order valence-electron chi connectivity index (χ2n) is 5.23. The molecule has 0 saturated heterocycles. The number of hydrogen-bond donors (Lipinski definition) is 3. The second-order valence-corrected chi connectivity index (χ2v) is 5.23. The lowest BCUT2D eigenvalue weighted by Gasteiger charge is -2.06. The quantitative estimate of drug-likeness (QED) is 0.651. The molecule has 0 bridgehead atoms. The van der Waals surface area contributed by atoms with Gasteiger partial charge in [0.2, 0.25) is 0 Å². The highest BCUT2D eigenvalue weighted by Crippen LogP contribution is 2.14. The summed E-state index contributed by atoms with van der Waals surface area (Å²) in [6, 6.07) is 16.6. The van der Waals surface area contributed by atoms with Crippen LogP contribution in [-0.4, -0.2) is 16.8 Å². The summed E-state index contributed by atoms with van der Waals surface area (Å²) in [6.45, 7) is 2.05. The van der Waals surface area contributed by atoms with E-state index in [4.69, 9.17) is 0 Å². The van der Waals surface area contributed by atoms with Crippen molar-refractivity contribution in [1.29, 1.82) is 0 Å². The number of aromatic amines is 1. The SMILES string of the molecule is CCc1ccc(C(=O)NNC(=O)c2cc3ccccc3[nH]2)cc1. The van der Waals surface area contributed by atoms with Crippen LogP contribution in [0.2, 0.25) is 0 Å². The predicted octanol–water partition coefficient (Wildman–Crippen LogP) is 2.81. The lowest BCUT2D eigenvalue weighted by molar-refractivity contribution is 0.0844. The van der Waals surface area contributed by atoms with Crippen LogP contribution in [0, 0.1) is 0 Å². The van der Waals surface area contributed by atoms with Crippen LogP contribution >= 0.6 is 0 Å². The highest BCUT2D eigenvalue weighted by Gasteiger charge is 2.11. The number of hydrogen-bond acceptors (Lipinski definition) is 2. The number of amides is 2. The number of aromatic nitrogens is 1. The van der Waals surface area contributed by atoms with E-state index in [-0.39, 0.29) is 11.8 Å². The summed E-state index contributed by atoms with van der Waals surface area (Å²) in [5.41, 5.74) is 7.76. The Morgan fingerprint density at radius 1 is 0.957 bits per heavy atom. The van der Waals surface area contributed by atoms with E-state index in [0.29, 0.717) is 11.3 Å². The maximum Gasteiger partial charge on any atom is 0.286 e. The van der Waals surface area contributed by atoms with Crippen LogP contribution in [-0.2, 0) is 6.42 Å². The van der Waals surface area contributed by atoms with Crippen LogP contribution in [0.5, 0.6) is 0 Å². The number of benzene rings is 2. The number of para-hydroxylation sites is 1. The van der Waals surface area contributed by atoms with Gasteiger partial charge in [-0.15, -0.1) is 0 Å². The van der Waals surface area contributed by atoms with Crippen LogP contribution < -0.4 is 10.9 Å². The zero-order valence-corrected chi connectivity index (χ0v) is 12.7. The number of rotatable bonds is 3. The first-order valence-electron chi connectivity index (χ1n) is 7.44. The molecule has 0 saturated carbocycles. The summed E-state index contributed by atoms with van der Waals surface area (Å²) in [6.07, 6.45) is 0.916. The number of fused-ring (bicyclic) bond motifs is 1. The van der Waals surface area contributed by atoms with Crippen molar-refractivity contribution in [2.45, 2.75) is 13.3 Å². The van der Waals surface area contributed by atoms with E-state index in [1.807, 2.05) is 36.4 Å². The van der Waals surface area contributed by atoms with Crippen LogP contribution in [0.4, 0.5) is 0 Å². The first-order valence-corrected chi connectivity index (χ1v) is 7.44. The van der Waals surface area contributed by atoms with E-state index in [2.05, 4.69) is 22.8 Å². The Morgan fingerprint density at radius 3 is 2.35 bits per heavy atom. The Hall–Kier alpha value is -3.08. The van der Waals surface area contributed by atoms with Gasteiger partial charge in [-0.05, 0) is 36.2 Å². The highest BCUT2D eigenvalue weighted by atomic mass is 16.2. The molecule has 3 N–H and O–H groups in total. The van der Waals surface area contributed by atoms with Gasteiger partial charge in [0.15, 0.2) is 0 Å². The molecule has 116 valence electrons. The van der Waals surface area contributed by atoms with Crippen molar-refractivity contribution in [1.82, 2.24) is 15.8 Å². The molecule has 5 nitrogen and oxygen atoms in total. The molecule has 3 aromatic rings. The molecule has 1 heterocycles. The van der Waals surface area contributed by atoms with Crippen molar-refractivity contribution < 1.29 is 9.59 Å². The Bertz CT molecular complexity index is 817. The summed E-state index contributed by atoms with van der Waals surface area (Å²) in [5.74, 6) is -0.739. The Morgan fingerprint density at radius 2 is 1.65 bits per heavy atom. The van der Waals surface area contributed by atoms with Crippen molar-refractivity contribution in [2.24, 2.45) is 0 Å². The van der Waals surface area contributed by atoms with E-state index in [1.165, 1.54) is 0 Å². The van der Waals surface area contributed by atoms with Gasteiger partial charge >= 0.3 is 0 Å². The topological polar surface area (TPSA) is 74.0 Å². The largest absolute Gasteiger partial charge is 0.350 e. The third-order valence-electron chi connectivity index (χ3n) is 3.69.